The van der Waals surface area contributed by atoms with Crippen LogP contribution in [-0.2, 0) is 4.79 Å². The third kappa shape index (κ3) is 5.00. The number of carbonyl (C=O) groups excluding carboxylic acids is 1. The first-order chi connectivity index (χ1) is 19.1. The van der Waals surface area contributed by atoms with Gasteiger partial charge in [-0.25, -0.2) is 0 Å². The maximum atomic E-state index is 12.3. The normalized spacial score (nSPS) is 16.9. The highest BCUT2D eigenvalue weighted by Crippen LogP contribution is 2.45. The lowest BCUT2D eigenvalue weighted by atomic mass is 9.96. The monoisotopic (exact) mass is 571 g/mol. The number of rotatable bonds is 6. The molecule has 5 rings (SSSR count). The van der Waals surface area contributed by atoms with E-state index in [1.54, 1.807) is 0 Å². The van der Waals surface area contributed by atoms with Crippen LogP contribution < -0.4 is 15.5 Å². The Bertz CT molecular complexity index is 1580. The third-order valence-corrected chi connectivity index (χ3v) is 8.19. The summed E-state index contributed by atoms with van der Waals surface area (Å²) in [5.41, 5.74) is 9.40. The number of thiocarbonyl (C=S) groups is 1. The fourth-order valence-electron chi connectivity index (χ4n) is 5.57. The molecule has 2 atom stereocenters. The van der Waals surface area contributed by atoms with E-state index in [1.807, 2.05) is 56.4 Å². The summed E-state index contributed by atoms with van der Waals surface area (Å²) in [5.74, 6) is -0.234. The first-order valence-corrected chi connectivity index (χ1v) is 14.2. The Balaban J connectivity index is 1.65. The number of hydrogen-bond acceptors (Lipinski definition) is 3. The Morgan fingerprint density at radius 2 is 1.75 bits per heavy atom. The molecular formula is C32H34ClN5OS. The van der Waals surface area contributed by atoms with Gasteiger partial charge in [-0.05, 0) is 93.0 Å². The van der Waals surface area contributed by atoms with Crippen LogP contribution in [0.4, 0.5) is 11.4 Å². The Morgan fingerprint density at radius 3 is 2.38 bits per heavy atom. The van der Waals surface area contributed by atoms with Crippen LogP contribution in [0, 0.1) is 33.6 Å². The van der Waals surface area contributed by atoms with Crippen LogP contribution in [0.3, 0.4) is 0 Å². The standard InChI is InChI=1S/C32H34ClN5OS/c1-18(2)31(39)35-26-14-13-23(17-25(26)33)38-30(28(36-32(38)40)27-12-7-8-15-34-27)24-16-21(5)37(22(24)6)29-19(3)10-9-11-20(29)4/h7-18,28,30H,1-6H3,(H,35,39)(H,36,40)/t28-,30-/m1/s1. The molecule has 0 bridgehead atoms. The summed E-state index contributed by atoms with van der Waals surface area (Å²) in [6, 6.07) is 19.9. The van der Waals surface area contributed by atoms with Gasteiger partial charge in [0.05, 0.1) is 34.2 Å². The molecule has 1 amide bonds. The summed E-state index contributed by atoms with van der Waals surface area (Å²) >= 11 is 12.6. The van der Waals surface area contributed by atoms with Gasteiger partial charge >= 0.3 is 0 Å². The number of aryl methyl sites for hydroxylation is 3. The second kappa shape index (κ2) is 11.1. The zero-order valence-electron chi connectivity index (χ0n) is 23.6. The molecule has 0 unspecified atom stereocenters. The lowest BCUT2D eigenvalue weighted by Crippen LogP contribution is -2.29. The van der Waals surface area contributed by atoms with Gasteiger partial charge in [0, 0.05) is 29.2 Å². The number of anilines is 2. The maximum Gasteiger partial charge on any atom is 0.226 e. The van der Waals surface area contributed by atoms with E-state index in [9.17, 15) is 4.79 Å². The van der Waals surface area contributed by atoms with E-state index >= 15 is 0 Å². The van der Waals surface area contributed by atoms with Crippen LogP contribution in [0.25, 0.3) is 5.69 Å². The van der Waals surface area contributed by atoms with Crippen LogP contribution in [0.1, 0.15) is 59.7 Å². The number of amides is 1. The molecule has 2 aromatic heterocycles. The van der Waals surface area contributed by atoms with E-state index < -0.39 is 0 Å². The van der Waals surface area contributed by atoms with E-state index in [4.69, 9.17) is 28.8 Å². The van der Waals surface area contributed by atoms with Crippen molar-refractivity contribution in [3.63, 3.8) is 0 Å². The smallest absolute Gasteiger partial charge is 0.226 e. The zero-order chi connectivity index (χ0) is 28.7. The van der Waals surface area contributed by atoms with Crippen LogP contribution in [-0.4, -0.2) is 20.6 Å². The van der Waals surface area contributed by atoms with Crippen LogP contribution in [0.2, 0.25) is 5.02 Å². The highest BCUT2D eigenvalue weighted by Gasteiger charge is 2.42. The predicted molar refractivity (Wildman–Crippen MR) is 168 cm³/mol. The molecule has 6 nitrogen and oxygen atoms in total. The van der Waals surface area contributed by atoms with Crippen LogP contribution >= 0.6 is 23.8 Å². The summed E-state index contributed by atoms with van der Waals surface area (Å²) in [6.45, 7) is 12.3. The van der Waals surface area contributed by atoms with Crippen molar-refractivity contribution in [3.8, 4) is 5.69 Å². The van der Waals surface area contributed by atoms with Gasteiger partial charge in [-0.2, -0.15) is 0 Å². The van der Waals surface area contributed by atoms with E-state index in [0.29, 0.717) is 15.8 Å². The number of benzene rings is 2. The molecule has 2 aromatic carbocycles. The molecule has 1 saturated heterocycles. The zero-order valence-corrected chi connectivity index (χ0v) is 25.2. The maximum absolute atomic E-state index is 12.3. The Hall–Kier alpha value is -3.68. The van der Waals surface area contributed by atoms with Crippen molar-refractivity contribution in [1.82, 2.24) is 14.9 Å². The number of pyridine rings is 1. The quantitative estimate of drug-likeness (QED) is 0.234. The van der Waals surface area contributed by atoms with Crippen LogP contribution in [0.15, 0.2) is 66.9 Å². The molecule has 0 spiro atoms. The molecule has 4 aromatic rings. The summed E-state index contributed by atoms with van der Waals surface area (Å²) in [7, 11) is 0. The molecule has 0 saturated carbocycles. The van der Waals surface area contributed by atoms with Gasteiger partial charge in [-0.1, -0.05) is 49.7 Å². The third-order valence-electron chi connectivity index (χ3n) is 7.56. The molecule has 2 N–H and O–H groups in total. The van der Waals surface area contributed by atoms with Gasteiger partial charge in [-0.3, -0.25) is 9.78 Å². The summed E-state index contributed by atoms with van der Waals surface area (Å²) in [5, 5.41) is 7.50. The Labute approximate surface area is 246 Å². The average Bonchev–Trinajstić information content (AvgIpc) is 3.41. The highest BCUT2D eigenvalue weighted by molar-refractivity contribution is 7.80. The summed E-state index contributed by atoms with van der Waals surface area (Å²) in [4.78, 5) is 19.1. The molecular weight excluding hydrogens is 538 g/mol. The minimum absolute atomic E-state index is 0.0833. The molecule has 206 valence electrons. The number of para-hydroxylation sites is 1. The van der Waals surface area contributed by atoms with Crippen molar-refractivity contribution in [3.05, 3.63) is 106 Å². The minimum atomic E-state index is -0.182. The van der Waals surface area contributed by atoms with Gasteiger partial charge < -0.3 is 20.1 Å². The molecule has 3 heterocycles. The number of nitrogens with zero attached hydrogens (tertiary/aromatic N) is 3. The molecule has 0 radical (unpaired) electrons. The molecule has 1 aliphatic heterocycles. The minimum Gasteiger partial charge on any atom is -0.351 e. The highest BCUT2D eigenvalue weighted by atomic mass is 35.5. The fourth-order valence-corrected chi connectivity index (χ4v) is 6.14. The van der Waals surface area contributed by atoms with Crippen molar-refractivity contribution >= 4 is 46.2 Å². The lowest BCUT2D eigenvalue weighted by molar-refractivity contribution is -0.118. The van der Waals surface area contributed by atoms with Crippen LogP contribution in [0.5, 0.6) is 0 Å². The number of nitrogens with one attached hydrogen (secondary N) is 2. The number of halogens is 1. The van der Waals surface area contributed by atoms with Gasteiger partial charge in [-0.15, -0.1) is 0 Å². The molecule has 40 heavy (non-hydrogen) atoms. The number of aromatic nitrogens is 2. The van der Waals surface area contributed by atoms with E-state index in [-0.39, 0.29) is 23.9 Å². The van der Waals surface area contributed by atoms with Crippen molar-refractivity contribution in [2.45, 2.75) is 53.6 Å². The second-order valence-electron chi connectivity index (χ2n) is 10.7. The largest absolute Gasteiger partial charge is 0.351 e. The SMILES string of the molecule is Cc1cccc(C)c1-n1c(C)cc([C@@H]2[C@@H](c3ccccn3)NC(=S)N2c2ccc(NC(=O)C(C)C)c(Cl)c2)c1C. The Morgan fingerprint density at radius 1 is 1.02 bits per heavy atom. The first kappa shape index (κ1) is 27.9. The molecule has 8 heteroatoms. The fraction of sp³-hybridized carbons (Fsp3) is 0.281. The van der Waals surface area contributed by atoms with Gasteiger partial charge in [0.2, 0.25) is 5.91 Å². The van der Waals surface area contributed by atoms with Crippen molar-refractivity contribution in [2.24, 2.45) is 5.92 Å². The summed E-state index contributed by atoms with van der Waals surface area (Å²) < 4.78 is 2.34. The second-order valence-corrected chi connectivity index (χ2v) is 11.5. The average molecular weight is 572 g/mol. The lowest BCUT2D eigenvalue weighted by Gasteiger charge is -2.29. The van der Waals surface area contributed by atoms with Crippen molar-refractivity contribution in [1.29, 1.82) is 0 Å². The topological polar surface area (TPSA) is 62.2 Å². The molecule has 1 fully saturated rings. The number of hydrogen-bond donors (Lipinski definition) is 2. The van der Waals surface area contributed by atoms with E-state index in [2.05, 4.69) is 72.1 Å². The predicted octanol–water partition coefficient (Wildman–Crippen LogP) is 7.53. The first-order valence-electron chi connectivity index (χ1n) is 13.4. The van der Waals surface area contributed by atoms with E-state index in [0.717, 1.165) is 28.3 Å². The number of carbonyl (C=O) groups is 1. The van der Waals surface area contributed by atoms with Gasteiger partial charge in [0.15, 0.2) is 5.11 Å². The Kier molecular flexibility index (Phi) is 7.71. The van der Waals surface area contributed by atoms with Gasteiger partial charge in [0.25, 0.3) is 0 Å². The molecule has 1 aliphatic rings. The van der Waals surface area contributed by atoms with E-state index in [1.165, 1.54) is 16.8 Å². The van der Waals surface area contributed by atoms with Crippen molar-refractivity contribution < 1.29 is 4.79 Å². The molecule has 0 aliphatic carbocycles. The summed E-state index contributed by atoms with van der Waals surface area (Å²) in [6.07, 6.45) is 1.81. The van der Waals surface area contributed by atoms with Gasteiger partial charge in [0.1, 0.15) is 0 Å². The van der Waals surface area contributed by atoms with Crippen molar-refractivity contribution in [2.75, 3.05) is 10.2 Å².